The molecule has 134 valence electrons. The summed E-state index contributed by atoms with van der Waals surface area (Å²) in [5, 5.41) is 13.7. The number of hydrogen-bond donors (Lipinski definition) is 2. The van der Waals surface area contributed by atoms with Gasteiger partial charge >= 0.3 is 0 Å². The van der Waals surface area contributed by atoms with E-state index in [-0.39, 0.29) is 18.7 Å². The second-order valence-corrected chi connectivity index (χ2v) is 6.39. The largest absolute Gasteiger partial charge is 0.368 e. The molecule has 0 aliphatic carbocycles. The predicted octanol–water partition coefficient (Wildman–Crippen LogP) is 2.47. The minimum Gasteiger partial charge on any atom is -0.368 e. The van der Waals surface area contributed by atoms with Crippen LogP contribution in [0.2, 0.25) is 0 Å². The van der Waals surface area contributed by atoms with E-state index in [0.29, 0.717) is 5.56 Å². The van der Waals surface area contributed by atoms with Crippen LogP contribution in [0.1, 0.15) is 16.7 Å². The normalized spacial score (nSPS) is 11.5. The number of rotatable bonds is 6. The SMILES string of the molecule is N#Cc1ccc(C[C@H](NC(=O)Cc2ccc3ccccc3c2)C(N)=O)cc1. The average molecular weight is 357 g/mol. The van der Waals surface area contributed by atoms with E-state index in [4.69, 9.17) is 11.0 Å². The van der Waals surface area contributed by atoms with Crippen LogP contribution in [0.25, 0.3) is 10.8 Å². The smallest absolute Gasteiger partial charge is 0.240 e. The molecule has 3 rings (SSSR count). The van der Waals surface area contributed by atoms with Crippen molar-refractivity contribution < 1.29 is 9.59 Å². The van der Waals surface area contributed by atoms with Crippen molar-refractivity contribution in [3.05, 3.63) is 83.4 Å². The zero-order valence-corrected chi connectivity index (χ0v) is 14.7. The molecule has 27 heavy (non-hydrogen) atoms. The van der Waals surface area contributed by atoms with Crippen molar-refractivity contribution >= 4 is 22.6 Å². The quantitative estimate of drug-likeness (QED) is 0.709. The van der Waals surface area contributed by atoms with Crippen LogP contribution in [0.15, 0.2) is 66.7 Å². The van der Waals surface area contributed by atoms with E-state index in [0.717, 1.165) is 21.9 Å². The van der Waals surface area contributed by atoms with Crippen molar-refractivity contribution in [2.45, 2.75) is 18.9 Å². The van der Waals surface area contributed by atoms with Gasteiger partial charge < -0.3 is 11.1 Å². The van der Waals surface area contributed by atoms with Gasteiger partial charge in [-0.15, -0.1) is 0 Å². The van der Waals surface area contributed by atoms with Crippen molar-refractivity contribution in [1.82, 2.24) is 5.32 Å². The van der Waals surface area contributed by atoms with Crippen LogP contribution in [0, 0.1) is 11.3 Å². The lowest BCUT2D eigenvalue weighted by molar-refractivity contribution is -0.127. The van der Waals surface area contributed by atoms with Crippen LogP contribution >= 0.6 is 0 Å². The molecule has 0 unspecified atom stereocenters. The summed E-state index contributed by atoms with van der Waals surface area (Å²) in [4.78, 5) is 24.1. The van der Waals surface area contributed by atoms with Gasteiger partial charge in [-0.3, -0.25) is 9.59 Å². The fraction of sp³-hybridized carbons (Fsp3) is 0.136. The molecule has 0 aromatic heterocycles. The van der Waals surface area contributed by atoms with E-state index < -0.39 is 11.9 Å². The molecule has 3 aromatic carbocycles. The number of nitrogens with two attached hydrogens (primary N) is 1. The molecule has 3 aromatic rings. The molecule has 0 spiro atoms. The van der Waals surface area contributed by atoms with E-state index in [2.05, 4.69) is 5.32 Å². The lowest BCUT2D eigenvalue weighted by atomic mass is 10.0. The summed E-state index contributed by atoms with van der Waals surface area (Å²) in [7, 11) is 0. The second-order valence-electron chi connectivity index (χ2n) is 6.39. The highest BCUT2D eigenvalue weighted by molar-refractivity contribution is 5.89. The van der Waals surface area contributed by atoms with Gasteiger partial charge in [0.05, 0.1) is 18.1 Å². The third-order valence-electron chi connectivity index (χ3n) is 4.38. The van der Waals surface area contributed by atoms with E-state index >= 15 is 0 Å². The molecule has 0 saturated carbocycles. The molecule has 0 heterocycles. The number of nitrogens with one attached hydrogen (secondary N) is 1. The van der Waals surface area contributed by atoms with Gasteiger partial charge in [0.1, 0.15) is 6.04 Å². The number of carbonyl (C=O) groups is 2. The molecule has 0 saturated heterocycles. The standard InChI is InChI=1S/C22H19N3O2/c23-14-16-7-5-15(6-8-16)12-20(22(24)27)25-21(26)13-17-9-10-18-3-1-2-4-19(18)11-17/h1-11,20H,12-13H2,(H2,24,27)(H,25,26)/t20-/m0/s1. The van der Waals surface area contributed by atoms with Crippen molar-refractivity contribution in [3.8, 4) is 6.07 Å². The number of carbonyl (C=O) groups excluding carboxylic acids is 2. The van der Waals surface area contributed by atoms with Crippen LogP contribution in [0.3, 0.4) is 0 Å². The van der Waals surface area contributed by atoms with Crippen LogP contribution in [-0.2, 0) is 22.4 Å². The third-order valence-corrected chi connectivity index (χ3v) is 4.38. The monoisotopic (exact) mass is 357 g/mol. The van der Waals surface area contributed by atoms with Crippen molar-refractivity contribution in [1.29, 1.82) is 5.26 Å². The van der Waals surface area contributed by atoms with Gasteiger partial charge in [-0.2, -0.15) is 5.26 Å². The first-order valence-corrected chi connectivity index (χ1v) is 8.60. The predicted molar refractivity (Wildman–Crippen MR) is 104 cm³/mol. The number of hydrogen-bond acceptors (Lipinski definition) is 3. The molecule has 0 radical (unpaired) electrons. The van der Waals surface area contributed by atoms with Gasteiger partial charge in [-0.1, -0.05) is 54.6 Å². The Bertz CT molecular complexity index is 1020. The van der Waals surface area contributed by atoms with Crippen LogP contribution in [0.5, 0.6) is 0 Å². The number of nitriles is 1. The molecular weight excluding hydrogens is 338 g/mol. The molecule has 3 N–H and O–H groups in total. The van der Waals surface area contributed by atoms with Gasteiger partial charge in [0.25, 0.3) is 0 Å². The molecule has 5 heteroatoms. The highest BCUT2D eigenvalue weighted by Crippen LogP contribution is 2.16. The van der Waals surface area contributed by atoms with E-state index in [1.165, 1.54) is 0 Å². The summed E-state index contributed by atoms with van der Waals surface area (Å²) in [6, 6.07) is 21.9. The lowest BCUT2D eigenvalue weighted by Crippen LogP contribution is -2.46. The van der Waals surface area contributed by atoms with Crippen LogP contribution in [-0.4, -0.2) is 17.9 Å². The highest BCUT2D eigenvalue weighted by atomic mass is 16.2. The molecule has 0 bridgehead atoms. The topological polar surface area (TPSA) is 96.0 Å². The minimum absolute atomic E-state index is 0.169. The van der Waals surface area contributed by atoms with E-state index in [9.17, 15) is 9.59 Å². The Labute approximate surface area is 157 Å². The lowest BCUT2D eigenvalue weighted by Gasteiger charge is -2.16. The number of nitrogens with zero attached hydrogens (tertiary/aromatic N) is 1. The summed E-state index contributed by atoms with van der Waals surface area (Å²) in [6.07, 6.45) is 0.451. The molecule has 1 atom stereocenters. The van der Waals surface area contributed by atoms with Crippen molar-refractivity contribution in [2.24, 2.45) is 5.73 Å². The number of amides is 2. The Morgan fingerprint density at radius 3 is 2.30 bits per heavy atom. The third kappa shape index (κ3) is 4.71. The van der Waals surface area contributed by atoms with Gasteiger partial charge in [0, 0.05) is 6.42 Å². The summed E-state index contributed by atoms with van der Waals surface area (Å²) in [5.74, 6) is -0.853. The fourth-order valence-electron chi connectivity index (χ4n) is 2.95. The van der Waals surface area contributed by atoms with Gasteiger partial charge in [-0.05, 0) is 34.0 Å². The molecule has 5 nitrogen and oxygen atoms in total. The first-order chi connectivity index (χ1) is 13.0. The number of fused-ring (bicyclic) bond motifs is 1. The number of primary amides is 1. The maximum Gasteiger partial charge on any atom is 0.240 e. The molecule has 0 aliphatic heterocycles. The minimum atomic E-state index is -0.800. The summed E-state index contributed by atoms with van der Waals surface area (Å²) in [6.45, 7) is 0. The Balaban J connectivity index is 1.66. The Kier molecular flexibility index (Phi) is 5.48. The fourth-order valence-corrected chi connectivity index (χ4v) is 2.95. The summed E-state index contributed by atoms with van der Waals surface area (Å²) < 4.78 is 0. The highest BCUT2D eigenvalue weighted by Gasteiger charge is 2.19. The maximum absolute atomic E-state index is 12.4. The molecule has 0 fully saturated rings. The van der Waals surface area contributed by atoms with E-state index in [1.54, 1.807) is 24.3 Å². The summed E-state index contributed by atoms with van der Waals surface area (Å²) >= 11 is 0. The Morgan fingerprint density at radius 1 is 0.963 bits per heavy atom. The average Bonchev–Trinajstić information content (AvgIpc) is 2.68. The van der Waals surface area contributed by atoms with Crippen molar-refractivity contribution in [2.75, 3.05) is 0 Å². The Hall–Kier alpha value is -3.65. The first kappa shape index (κ1) is 18.2. The second kappa shape index (κ2) is 8.15. The Morgan fingerprint density at radius 2 is 1.63 bits per heavy atom. The van der Waals surface area contributed by atoms with Gasteiger partial charge in [0.15, 0.2) is 0 Å². The van der Waals surface area contributed by atoms with Crippen LogP contribution < -0.4 is 11.1 Å². The zero-order valence-electron chi connectivity index (χ0n) is 14.7. The number of benzene rings is 3. The molecular formula is C22H19N3O2. The van der Waals surface area contributed by atoms with Crippen LogP contribution in [0.4, 0.5) is 0 Å². The maximum atomic E-state index is 12.4. The first-order valence-electron chi connectivity index (χ1n) is 8.60. The zero-order chi connectivity index (χ0) is 19.2. The van der Waals surface area contributed by atoms with Gasteiger partial charge in [-0.25, -0.2) is 0 Å². The molecule has 0 aliphatic rings. The van der Waals surface area contributed by atoms with E-state index in [1.807, 2.05) is 48.5 Å². The van der Waals surface area contributed by atoms with Gasteiger partial charge in [0.2, 0.25) is 11.8 Å². The molecule has 2 amide bonds. The summed E-state index contributed by atoms with van der Waals surface area (Å²) in [5.41, 5.74) is 7.68. The van der Waals surface area contributed by atoms with Crippen molar-refractivity contribution in [3.63, 3.8) is 0 Å².